The SMILES string of the molecule is C=C(CNC(C)C)CN(C)CC1CC1C. The minimum absolute atomic E-state index is 0.551. The number of hydrogen-bond donors (Lipinski definition) is 1. The van der Waals surface area contributed by atoms with E-state index in [1.807, 2.05) is 0 Å². The van der Waals surface area contributed by atoms with Crippen LogP contribution in [0.15, 0.2) is 12.2 Å². The molecule has 0 saturated heterocycles. The minimum atomic E-state index is 0.551. The zero-order chi connectivity index (χ0) is 11.4. The van der Waals surface area contributed by atoms with Crippen molar-refractivity contribution in [2.24, 2.45) is 11.8 Å². The van der Waals surface area contributed by atoms with Gasteiger partial charge in [0.05, 0.1) is 0 Å². The molecule has 1 N–H and O–H groups in total. The fraction of sp³-hybridized carbons (Fsp3) is 0.846. The highest BCUT2D eigenvalue weighted by Crippen LogP contribution is 2.37. The molecule has 2 heteroatoms. The number of hydrogen-bond acceptors (Lipinski definition) is 2. The highest BCUT2D eigenvalue weighted by atomic mass is 15.1. The van der Waals surface area contributed by atoms with Gasteiger partial charge in [0.2, 0.25) is 0 Å². The molecule has 15 heavy (non-hydrogen) atoms. The highest BCUT2D eigenvalue weighted by molar-refractivity contribution is 5.00. The lowest BCUT2D eigenvalue weighted by molar-refractivity contribution is 0.336. The predicted octanol–water partition coefficient (Wildman–Crippen LogP) is 2.13. The Bertz CT molecular complexity index is 211. The summed E-state index contributed by atoms with van der Waals surface area (Å²) in [4.78, 5) is 2.40. The van der Waals surface area contributed by atoms with Crippen molar-refractivity contribution in [2.45, 2.75) is 33.2 Å². The Balaban J connectivity index is 2.08. The molecule has 0 aromatic rings. The number of nitrogens with zero attached hydrogens (tertiary/aromatic N) is 1. The maximum atomic E-state index is 4.11. The Morgan fingerprint density at radius 3 is 2.60 bits per heavy atom. The van der Waals surface area contributed by atoms with E-state index in [0.717, 1.165) is 24.9 Å². The first kappa shape index (κ1) is 12.7. The zero-order valence-electron chi connectivity index (χ0n) is 10.7. The Hall–Kier alpha value is -0.340. The first-order valence-electron chi connectivity index (χ1n) is 6.07. The molecule has 0 spiro atoms. The van der Waals surface area contributed by atoms with E-state index in [1.165, 1.54) is 18.5 Å². The summed E-state index contributed by atoms with van der Waals surface area (Å²) >= 11 is 0. The molecule has 0 aromatic carbocycles. The van der Waals surface area contributed by atoms with E-state index in [2.05, 4.69) is 44.6 Å². The third kappa shape index (κ3) is 5.33. The van der Waals surface area contributed by atoms with Crippen molar-refractivity contribution in [3.05, 3.63) is 12.2 Å². The van der Waals surface area contributed by atoms with Gasteiger partial charge in [-0.05, 0) is 30.9 Å². The molecule has 0 aromatic heterocycles. The summed E-state index contributed by atoms with van der Waals surface area (Å²) in [5.41, 5.74) is 1.29. The Labute approximate surface area is 94.7 Å². The molecule has 0 amide bonds. The largest absolute Gasteiger partial charge is 0.311 e. The van der Waals surface area contributed by atoms with Crippen molar-refractivity contribution in [1.29, 1.82) is 0 Å². The van der Waals surface area contributed by atoms with Gasteiger partial charge in [0.15, 0.2) is 0 Å². The van der Waals surface area contributed by atoms with Crippen molar-refractivity contribution in [2.75, 3.05) is 26.7 Å². The maximum absolute atomic E-state index is 4.11. The summed E-state index contributed by atoms with van der Waals surface area (Å²) in [7, 11) is 2.20. The predicted molar refractivity (Wildman–Crippen MR) is 67.0 cm³/mol. The van der Waals surface area contributed by atoms with E-state index < -0.39 is 0 Å². The lowest BCUT2D eigenvalue weighted by Gasteiger charge is -2.19. The van der Waals surface area contributed by atoms with Gasteiger partial charge in [0, 0.05) is 25.7 Å². The van der Waals surface area contributed by atoms with Gasteiger partial charge in [-0.1, -0.05) is 27.4 Å². The standard InChI is InChI=1S/C13H26N2/c1-10(2)14-7-11(3)8-15(5)9-13-6-12(13)4/h10,12-14H,3,6-9H2,1-2,4-5H3. The summed E-state index contributed by atoms with van der Waals surface area (Å²) in [6.07, 6.45) is 1.42. The highest BCUT2D eigenvalue weighted by Gasteiger charge is 2.32. The van der Waals surface area contributed by atoms with E-state index in [9.17, 15) is 0 Å². The molecule has 0 bridgehead atoms. The quantitative estimate of drug-likeness (QED) is 0.648. The smallest absolute Gasteiger partial charge is 0.0199 e. The van der Waals surface area contributed by atoms with Crippen molar-refractivity contribution in [3.8, 4) is 0 Å². The third-order valence-electron chi connectivity index (χ3n) is 3.08. The molecule has 2 unspecified atom stereocenters. The summed E-state index contributed by atoms with van der Waals surface area (Å²) in [5, 5.41) is 3.40. The lowest BCUT2D eigenvalue weighted by Crippen LogP contribution is -2.30. The second-order valence-electron chi connectivity index (χ2n) is 5.46. The average molecular weight is 210 g/mol. The average Bonchev–Trinajstić information content (AvgIpc) is 2.78. The van der Waals surface area contributed by atoms with Gasteiger partial charge in [-0.25, -0.2) is 0 Å². The van der Waals surface area contributed by atoms with Crippen molar-refractivity contribution >= 4 is 0 Å². The van der Waals surface area contributed by atoms with Crippen LogP contribution >= 0.6 is 0 Å². The number of rotatable bonds is 7. The van der Waals surface area contributed by atoms with Crippen LogP contribution in [0.2, 0.25) is 0 Å². The number of nitrogens with one attached hydrogen (secondary N) is 1. The van der Waals surface area contributed by atoms with E-state index in [0.29, 0.717) is 6.04 Å². The van der Waals surface area contributed by atoms with Crippen molar-refractivity contribution < 1.29 is 0 Å². The Morgan fingerprint density at radius 2 is 2.13 bits per heavy atom. The van der Waals surface area contributed by atoms with E-state index in [1.54, 1.807) is 0 Å². The Morgan fingerprint density at radius 1 is 1.53 bits per heavy atom. The molecule has 0 heterocycles. The zero-order valence-corrected chi connectivity index (χ0v) is 10.7. The van der Waals surface area contributed by atoms with Crippen molar-refractivity contribution in [3.63, 3.8) is 0 Å². The maximum Gasteiger partial charge on any atom is 0.0199 e. The molecule has 0 aliphatic heterocycles. The van der Waals surface area contributed by atoms with Crippen LogP contribution in [-0.2, 0) is 0 Å². The molecule has 88 valence electrons. The molecular formula is C13H26N2. The number of likely N-dealkylation sites (N-methyl/N-ethyl adjacent to an activating group) is 1. The van der Waals surface area contributed by atoms with Crippen LogP contribution in [0.1, 0.15) is 27.2 Å². The monoisotopic (exact) mass is 210 g/mol. The van der Waals surface area contributed by atoms with Crippen molar-refractivity contribution in [1.82, 2.24) is 10.2 Å². The molecule has 1 saturated carbocycles. The first-order valence-corrected chi connectivity index (χ1v) is 6.07. The van der Waals surface area contributed by atoms with Crippen LogP contribution < -0.4 is 5.32 Å². The van der Waals surface area contributed by atoms with Gasteiger partial charge in [-0.3, -0.25) is 0 Å². The van der Waals surface area contributed by atoms with E-state index >= 15 is 0 Å². The first-order chi connectivity index (χ1) is 6.99. The topological polar surface area (TPSA) is 15.3 Å². The normalized spacial score (nSPS) is 24.9. The second-order valence-corrected chi connectivity index (χ2v) is 5.46. The van der Waals surface area contributed by atoms with Crippen LogP contribution in [0.5, 0.6) is 0 Å². The van der Waals surface area contributed by atoms with Gasteiger partial charge < -0.3 is 10.2 Å². The van der Waals surface area contributed by atoms with E-state index in [4.69, 9.17) is 0 Å². The van der Waals surface area contributed by atoms with Gasteiger partial charge in [0.1, 0.15) is 0 Å². The van der Waals surface area contributed by atoms with Gasteiger partial charge in [-0.15, -0.1) is 0 Å². The molecule has 1 aliphatic carbocycles. The molecular weight excluding hydrogens is 184 g/mol. The molecule has 1 aliphatic rings. The lowest BCUT2D eigenvalue weighted by atomic mass is 10.2. The van der Waals surface area contributed by atoms with Crippen LogP contribution in [-0.4, -0.2) is 37.6 Å². The molecule has 0 radical (unpaired) electrons. The molecule has 2 atom stereocenters. The fourth-order valence-corrected chi connectivity index (χ4v) is 1.90. The fourth-order valence-electron chi connectivity index (χ4n) is 1.90. The molecule has 1 rings (SSSR count). The summed E-state index contributed by atoms with van der Waals surface area (Å²) in [6, 6.07) is 0.551. The summed E-state index contributed by atoms with van der Waals surface area (Å²) in [5.74, 6) is 1.90. The van der Waals surface area contributed by atoms with Crippen LogP contribution in [0.4, 0.5) is 0 Å². The Kier molecular flexibility index (Phi) is 4.81. The minimum Gasteiger partial charge on any atom is -0.311 e. The van der Waals surface area contributed by atoms with Crippen LogP contribution in [0.25, 0.3) is 0 Å². The van der Waals surface area contributed by atoms with Gasteiger partial charge in [-0.2, -0.15) is 0 Å². The van der Waals surface area contributed by atoms with Crippen LogP contribution in [0, 0.1) is 11.8 Å². The van der Waals surface area contributed by atoms with Gasteiger partial charge in [0.25, 0.3) is 0 Å². The third-order valence-corrected chi connectivity index (χ3v) is 3.08. The summed E-state index contributed by atoms with van der Waals surface area (Å²) in [6.45, 7) is 14.0. The van der Waals surface area contributed by atoms with Crippen LogP contribution in [0.3, 0.4) is 0 Å². The van der Waals surface area contributed by atoms with Gasteiger partial charge >= 0.3 is 0 Å². The second kappa shape index (κ2) is 5.66. The summed E-state index contributed by atoms with van der Waals surface area (Å²) < 4.78 is 0. The molecule has 2 nitrogen and oxygen atoms in total. The molecule has 1 fully saturated rings. The van der Waals surface area contributed by atoms with E-state index in [-0.39, 0.29) is 0 Å².